The number of nitrogens with one attached hydrogen (secondary N) is 2. The van der Waals surface area contributed by atoms with Crippen molar-refractivity contribution in [3.8, 4) is 0 Å². The molecule has 5 nitrogen and oxygen atoms in total. The normalized spacial score (nSPS) is 16.7. The topological polar surface area (TPSA) is 78.4 Å². The minimum atomic E-state index is -0.995. The minimum Gasteiger partial charge on any atom is -0.480 e. The molecular formula is C19H22N2O3. The van der Waals surface area contributed by atoms with E-state index >= 15 is 0 Å². The standard InChI is InChI=1S/C19H22N2O3/c22-18(15-7-9-20-10-8-15)21-17(19(23)24)12-13-5-6-14-3-1-2-4-16(14)11-13/h1-6,11,15,17,20H,7-10,12H2,(H,21,22)(H,23,24)/t17-/m1/s1. The predicted octanol–water partition coefficient (Wildman–Crippen LogP) is 1.95. The highest BCUT2D eigenvalue weighted by Crippen LogP contribution is 2.17. The van der Waals surface area contributed by atoms with Crippen LogP contribution in [0.3, 0.4) is 0 Å². The van der Waals surface area contributed by atoms with Crippen LogP contribution < -0.4 is 10.6 Å². The van der Waals surface area contributed by atoms with Crippen LogP contribution in [0, 0.1) is 5.92 Å². The van der Waals surface area contributed by atoms with E-state index in [1.165, 1.54) is 0 Å². The number of aliphatic carboxylic acids is 1. The molecule has 1 aliphatic rings. The van der Waals surface area contributed by atoms with Crippen molar-refractivity contribution in [2.45, 2.75) is 25.3 Å². The van der Waals surface area contributed by atoms with E-state index in [0.717, 1.165) is 42.3 Å². The molecule has 2 aromatic carbocycles. The molecule has 0 saturated carbocycles. The first-order valence-corrected chi connectivity index (χ1v) is 8.35. The Bertz CT molecular complexity index is 738. The zero-order valence-corrected chi connectivity index (χ0v) is 13.5. The van der Waals surface area contributed by atoms with E-state index in [1.54, 1.807) is 0 Å². The molecule has 1 aliphatic heterocycles. The molecule has 0 unspecified atom stereocenters. The number of hydrogen-bond acceptors (Lipinski definition) is 3. The number of fused-ring (bicyclic) bond motifs is 1. The molecule has 5 heteroatoms. The first-order valence-electron chi connectivity index (χ1n) is 8.35. The number of amides is 1. The van der Waals surface area contributed by atoms with E-state index in [4.69, 9.17) is 0 Å². The van der Waals surface area contributed by atoms with Crippen molar-refractivity contribution in [1.82, 2.24) is 10.6 Å². The zero-order chi connectivity index (χ0) is 16.9. The van der Waals surface area contributed by atoms with Crippen molar-refractivity contribution in [3.05, 3.63) is 48.0 Å². The smallest absolute Gasteiger partial charge is 0.326 e. The molecule has 0 bridgehead atoms. The second-order valence-corrected chi connectivity index (χ2v) is 6.31. The lowest BCUT2D eigenvalue weighted by Gasteiger charge is -2.24. The molecule has 24 heavy (non-hydrogen) atoms. The Morgan fingerprint density at radius 2 is 1.83 bits per heavy atom. The van der Waals surface area contributed by atoms with Gasteiger partial charge in [0.05, 0.1) is 0 Å². The van der Waals surface area contributed by atoms with Crippen molar-refractivity contribution < 1.29 is 14.7 Å². The van der Waals surface area contributed by atoms with E-state index < -0.39 is 12.0 Å². The lowest BCUT2D eigenvalue weighted by Crippen LogP contribution is -2.47. The number of piperidine rings is 1. The van der Waals surface area contributed by atoms with Gasteiger partial charge in [0.15, 0.2) is 0 Å². The maximum absolute atomic E-state index is 12.3. The van der Waals surface area contributed by atoms with Gasteiger partial charge in [-0.2, -0.15) is 0 Å². The van der Waals surface area contributed by atoms with Crippen molar-refractivity contribution in [2.24, 2.45) is 5.92 Å². The SMILES string of the molecule is O=C(N[C@H](Cc1ccc2ccccc2c1)C(=O)O)C1CCNCC1. The van der Waals surface area contributed by atoms with Crippen LogP contribution in [0.25, 0.3) is 10.8 Å². The van der Waals surface area contributed by atoms with Gasteiger partial charge >= 0.3 is 5.97 Å². The molecule has 0 radical (unpaired) electrons. The summed E-state index contributed by atoms with van der Waals surface area (Å²) in [5, 5.41) is 17.6. The third kappa shape index (κ3) is 3.92. The monoisotopic (exact) mass is 326 g/mol. The second kappa shape index (κ2) is 7.45. The summed E-state index contributed by atoms with van der Waals surface area (Å²) >= 11 is 0. The molecule has 3 N–H and O–H groups in total. The van der Waals surface area contributed by atoms with E-state index in [-0.39, 0.29) is 18.2 Å². The summed E-state index contributed by atoms with van der Waals surface area (Å²) in [5.74, 6) is -1.24. The van der Waals surface area contributed by atoms with Crippen LogP contribution in [-0.2, 0) is 16.0 Å². The maximum Gasteiger partial charge on any atom is 0.326 e. The third-order valence-electron chi connectivity index (χ3n) is 4.58. The Kier molecular flexibility index (Phi) is 5.11. The summed E-state index contributed by atoms with van der Waals surface area (Å²) in [7, 11) is 0. The third-order valence-corrected chi connectivity index (χ3v) is 4.58. The zero-order valence-electron chi connectivity index (χ0n) is 13.5. The van der Waals surface area contributed by atoms with E-state index in [1.807, 2.05) is 42.5 Å². The summed E-state index contributed by atoms with van der Waals surface area (Å²) < 4.78 is 0. The summed E-state index contributed by atoms with van der Waals surface area (Å²) in [4.78, 5) is 23.9. The maximum atomic E-state index is 12.3. The van der Waals surface area contributed by atoms with Crippen LogP contribution in [0.2, 0.25) is 0 Å². The minimum absolute atomic E-state index is 0.0929. The summed E-state index contributed by atoms with van der Waals surface area (Å²) in [5.41, 5.74) is 0.909. The summed E-state index contributed by atoms with van der Waals surface area (Å²) in [6, 6.07) is 13.0. The highest BCUT2D eigenvalue weighted by Gasteiger charge is 2.26. The van der Waals surface area contributed by atoms with Gasteiger partial charge in [-0.15, -0.1) is 0 Å². The van der Waals surface area contributed by atoms with Crippen molar-refractivity contribution in [2.75, 3.05) is 13.1 Å². The van der Waals surface area contributed by atoms with Gasteiger partial charge in [0.2, 0.25) is 5.91 Å². The second-order valence-electron chi connectivity index (χ2n) is 6.31. The van der Waals surface area contributed by atoms with Crippen LogP contribution in [-0.4, -0.2) is 36.1 Å². The average Bonchev–Trinajstić information content (AvgIpc) is 2.61. The van der Waals surface area contributed by atoms with Gasteiger partial charge in [-0.1, -0.05) is 42.5 Å². The molecule has 3 rings (SSSR count). The molecular weight excluding hydrogens is 304 g/mol. The fraction of sp³-hybridized carbons (Fsp3) is 0.368. The molecule has 1 amide bonds. The molecule has 1 heterocycles. The Morgan fingerprint density at radius 1 is 1.12 bits per heavy atom. The quantitative estimate of drug-likeness (QED) is 0.785. The van der Waals surface area contributed by atoms with E-state index in [0.29, 0.717) is 0 Å². The van der Waals surface area contributed by atoms with Crippen LogP contribution in [0.5, 0.6) is 0 Å². The number of carboxylic acids is 1. The van der Waals surface area contributed by atoms with Gasteiger partial charge < -0.3 is 15.7 Å². The lowest BCUT2D eigenvalue weighted by molar-refractivity contribution is -0.142. The predicted molar refractivity (Wildman–Crippen MR) is 92.8 cm³/mol. The average molecular weight is 326 g/mol. The van der Waals surface area contributed by atoms with Crippen molar-refractivity contribution in [1.29, 1.82) is 0 Å². The van der Waals surface area contributed by atoms with Gasteiger partial charge in [-0.05, 0) is 42.3 Å². The van der Waals surface area contributed by atoms with Gasteiger partial charge in [-0.25, -0.2) is 4.79 Å². The molecule has 0 spiro atoms. The number of carbonyl (C=O) groups is 2. The number of carboxylic acid groups (broad SMARTS) is 1. The van der Waals surface area contributed by atoms with Crippen LogP contribution >= 0.6 is 0 Å². The van der Waals surface area contributed by atoms with Crippen molar-refractivity contribution in [3.63, 3.8) is 0 Å². The fourth-order valence-electron chi connectivity index (χ4n) is 3.18. The van der Waals surface area contributed by atoms with Gasteiger partial charge in [0, 0.05) is 12.3 Å². The fourth-order valence-corrected chi connectivity index (χ4v) is 3.18. The van der Waals surface area contributed by atoms with Gasteiger partial charge in [0.25, 0.3) is 0 Å². The Balaban J connectivity index is 1.70. The highest BCUT2D eigenvalue weighted by molar-refractivity contribution is 5.86. The Hall–Kier alpha value is -2.40. The number of hydrogen-bond donors (Lipinski definition) is 3. The largest absolute Gasteiger partial charge is 0.480 e. The summed E-state index contributed by atoms with van der Waals surface area (Å²) in [6.07, 6.45) is 1.80. The Morgan fingerprint density at radius 3 is 2.54 bits per heavy atom. The van der Waals surface area contributed by atoms with Crippen LogP contribution in [0.15, 0.2) is 42.5 Å². The number of carbonyl (C=O) groups excluding carboxylic acids is 1. The molecule has 1 atom stereocenters. The highest BCUT2D eigenvalue weighted by atomic mass is 16.4. The van der Waals surface area contributed by atoms with E-state index in [2.05, 4.69) is 10.6 Å². The first kappa shape index (κ1) is 16.5. The van der Waals surface area contributed by atoms with Crippen molar-refractivity contribution >= 4 is 22.6 Å². The molecule has 0 aliphatic carbocycles. The lowest BCUT2D eigenvalue weighted by atomic mass is 9.96. The first-order chi connectivity index (χ1) is 11.6. The molecule has 1 fully saturated rings. The Labute approximate surface area is 141 Å². The van der Waals surface area contributed by atoms with Crippen LogP contribution in [0.4, 0.5) is 0 Å². The molecule has 0 aromatic heterocycles. The molecule has 126 valence electrons. The van der Waals surface area contributed by atoms with E-state index in [9.17, 15) is 14.7 Å². The van der Waals surface area contributed by atoms with Crippen LogP contribution in [0.1, 0.15) is 18.4 Å². The number of rotatable bonds is 5. The van der Waals surface area contributed by atoms with Gasteiger partial charge in [-0.3, -0.25) is 4.79 Å². The summed E-state index contributed by atoms with van der Waals surface area (Å²) in [6.45, 7) is 1.61. The molecule has 2 aromatic rings. The van der Waals surface area contributed by atoms with Gasteiger partial charge in [0.1, 0.15) is 6.04 Å². The molecule has 1 saturated heterocycles. The number of benzene rings is 2.